The van der Waals surface area contributed by atoms with Gasteiger partial charge in [-0.1, -0.05) is 13.8 Å². The van der Waals surface area contributed by atoms with Crippen molar-refractivity contribution in [1.82, 2.24) is 14.9 Å². The maximum Gasteiger partial charge on any atom is 0.129 e. The van der Waals surface area contributed by atoms with Crippen molar-refractivity contribution in [2.24, 2.45) is 5.92 Å². The predicted molar refractivity (Wildman–Crippen MR) is 81.9 cm³/mol. The van der Waals surface area contributed by atoms with E-state index in [4.69, 9.17) is 0 Å². The summed E-state index contributed by atoms with van der Waals surface area (Å²) in [5.41, 5.74) is 1.12. The van der Waals surface area contributed by atoms with Crippen molar-refractivity contribution in [3.05, 3.63) is 18.1 Å². The normalized spacial score (nSPS) is 29.9. The maximum atomic E-state index is 4.34. The van der Waals surface area contributed by atoms with E-state index in [0.29, 0.717) is 5.92 Å². The fraction of sp³-hybridized carbons (Fsp3) is 0.750. The van der Waals surface area contributed by atoms with E-state index in [1.807, 2.05) is 0 Å². The molecule has 0 aromatic carbocycles. The van der Waals surface area contributed by atoms with Gasteiger partial charge in [0.1, 0.15) is 12.1 Å². The Morgan fingerprint density at radius 2 is 1.95 bits per heavy atom. The molecule has 2 saturated heterocycles. The van der Waals surface area contributed by atoms with Crippen LogP contribution in [-0.4, -0.2) is 40.5 Å². The SMILES string of the molecule is CC(C)c1cc(NCC2CC3CCC(C2)N3C)ncn1. The lowest BCUT2D eigenvalue weighted by atomic mass is 9.91. The molecule has 3 rings (SSSR count). The monoisotopic (exact) mass is 274 g/mol. The molecule has 2 aliphatic heterocycles. The van der Waals surface area contributed by atoms with Gasteiger partial charge in [0.2, 0.25) is 0 Å². The number of nitrogens with one attached hydrogen (secondary N) is 1. The van der Waals surface area contributed by atoms with E-state index < -0.39 is 0 Å². The van der Waals surface area contributed by atoms with Gasteiger partial charge >= 0.3 is 0 Å². The van der Waals surface area contributed by atoms with Crippen molar-refractivity contribution in [2.45, 2.75) is 57.5 Å². The molecule has 0 aliphatic carbocycles. The van der Waals surface area contributed by atoms with E-state index in [1.54, 1.807) is 6.33 Å². The zero-order chi connectivity index (χ0) is 14.1. The lowest BCUT2D eigenvalue weighted by Gasteiger charge is -2.36. The molecule has 2 aliphatic rings. The Hall–Kier alpha value is -1.16. The van der Waals surface area contributed by atoms with Crippen molar-refractivity contribution in [1.29, 1.82) is 0 Å². The van der Waals surface area contributed by atoms with Gasteiger partial charge in [-0.25, -0.2) is 9.97 Å². The number of piperidine rings is 1. The first kappa shape index (κ1) is 13.8. The van der Waals surface area contributed by atoms with Gasteiger partial charge < -0.3 is 10.2 Å². The van der Waals surface area contributed by atoms with Crippen LogP contribution >= 0.6 is 0 Å². The second-order valence-corrected chi connectivity index (χ2v) is 6.75. The van der Waals surface area contributed by atoms with E-state index in [2.05, 4.69) is 47.1 Å². The fourth-order valence-electron chi connectivity index (χ4n) is 3.72. The average Bonchev–Trinajstić information content (AvgIpc) is 2.67. The molecule has 0 saturated carbocycles. The summed E-state index contributed by atoms with van der Waals surface area (Å²) < 4.78 is 0. The largest absolute Gasteiger partial charge is 0.370 e. The van der Waals surface area contributed by atoms with E-state index in [9.17, 15) is 0 Å². The highest BCUT2D eigenvalue weighted by molar-refractivity contribution is 5.35. The summed E-state index contributed by atoms with van der Waals surface area (Å²) in [7, 11) is 2.30. The summed E-state index contributed by atoms with van der Waals surface area (Å²) >= 11 is 0. The lowest BCUT2D eigenvalue weighted by molar-refractivity contribution is 0.139. The molecule has 0 amide bonds. The van der Waals surface area contributed by atoms with Crippen LogP contribution in [-0.2, 0) is 0 Å². The molecule has 0 radical (unpaired) electrons. The van der Waals surface area contributed by atoms with Gasteiger partial charge in [0.25, 0.3) is 0 Å². The molecule has 110 valence electrons. The molecule has 2 bridgehead atoms. The summed E-state index contributed by atoms with van der Waals surface area (Å²) in [4.78, 5) is 11.3. The van der Waals surface area contributed by atoms with Crippen LogP contribution in [0.15, 0.2) is 12.4 Å². The summed E-state index contributed by atoms with van der Waals surface area (Å²) in [6.45, 7) is 5.39. The van der Waals surface area contributed by atoms with Crippen LogP contribution in [0, 0.1) is 5.92 Å². The zero-order valence-corrected chi connectivity index (χ0v) is 12.8. The Labute approximate surface area is 122 Å². The third kappa shape index (κ3) is 2.80. The summed E-state index contributed by atoms with van der Waals surface area (Å²) in [5.74, 6) is 2.23. The van der Waals surface area contributed by atoms with Gasteiger partial charge in [-0.05, 0) is 44.6 Å². The van der Waals surface area contributed by atoms with Crippen LogP contribution in [0.3, 0.4) is 0 Å². The molecule has 1 aromatic heterocycles. The third-order valence-electron chi connectivity index (χ3n) is 5.05. The fourth-order valence-corrected chi connectivity index (χ4v) is 3.72. The maximum absolute atomic E-state index is 4.34. The molecule has 2 unspecified atom stereocenters. The second kappa shape index (κ2) is 5.68. The van der Waals surface area contributed by atoms with Crippen LogP contribution < -0.4 is 5.32 Å². The van der Waals surface area contributed by atoms with E-state index in [-0.39, 0.29) is 0 Å². The summed E-state index contributed by atoms with van der Waals surface area (Å²) in [5, 5.41) is 3.52. The van der Waals surface area contributed by atoms with Crippen molar-refractivity contribution in [3.8, 4) is 0 Å². The number of hydrogen-bond donors (Lipinski definition) is 1. The first-order valence-electron chi connectivity index (χ1n) is 7.91. The van der Waals surface area contributed by atoms with Gasteiger partial charge in [-0.15, -0.1) is 0 Å². The minimum Gasteiger partial charge on any atom is -0.370 e. The Morgan fingerprint density at radius 3 is 2.60 bits per heavy atom. The zero-order valence-electron chi connectivity index (χ0n) is 12.8. The van der Waals surface area contributed by atoms with Crippen molar-refractivity contribution in [3.63, 3.8) is 0 Å². The first-order valence-corrected chi connectivity index (χ1v) is 7.91. The van der Waals surface area contributed by atoms with E-state index >= 15 is 0 Å². The quantitative estimate of drug-likeness (QED) is 0.916. The number of aromatic nitrogens is 2. The Morgan fingerprint density at radius 1 is 1.25 bits per heavy atom. The molecule has 3 heterocycles. The minimum absolute atomic E-state index is 0.456. The van der Waals surface area contributed by atoms with Gasteiger partial charge in [0, 0.05) is 30.4 Å². The topological polar surface area (TPSA) is 41.0 Å². The summed E-state index contributed by atoms with van der Waals surface area (Å²) in [6.07, 6.45) is 7.13. The Balaban J connectivity index is 1.56. The molecule has 0 spiro atoms. The Bertz CT molecular complexity index is 446. The minimum atomic E-state index is 0.456. The smallest absolute Gasteiger partial charge is 0.129 e. The molecule has 1 aromatic rings. The van der Waals surface area contributed by atoms with Crippen LogP contribution in [0.2, 0.25) is 0 Å². The molecule has 20 heavy (non-hydrogen) atoms. The van der Waals surface area contributed by atoms with Crippen molar-refractivity contribution >= 4 is 5.82 Å². The highest BCUT2D eigenvalue weighted by Crippen LogP contribution is 2.37. The average molecular weight is 274 g/mol. The highest BCUT2D eigenvalue weighted by atomic mass is 15.2. The van der Waals surface area contributed by atoms with Crippen LogP contribution in [0.1, 0.15) is 51.1 Å². The highest BCUT2D eigenvalue weighted by Gasteiger charge is 2.38. The molecular formula is C16H26N4. The Kier molecular flexibility index (Phi) is 3.92. The molecule has 2 fully saturated rings. The summed E-state index contributed by atoms with van der Waals surface area (Å²) in [6, 6.07) is 3.73. The number of anilines is 1. The number of hydrogen-bond acceptors (Lipinski definition) is 4. The first-order chi connectivity index (χ1) is 9.63. The van der Waals surface area contributed by atoms with Crippen LogP contribution in [0.4, 0.5) is 5.82 Å². The van der Waals surface area contributed by atoms with Gasteiger partial charge in [0.05, 0.1) is 0 Å². The second-order valence-electron chi connectivity index (χ2n) is 6.75. The van der Waals surface area contributed by atoms with Gasteiger partial charge in [-0.3, -0.25) is 0 Å². The third-order valence-corrected chi connectivity index (χ3v) is 5.05. The van der Waals surface area contributed by atoms with E-state index in [0.717, 1.165) is 36.1 Å². The van der Waals surface area contributed by atoms with Gasteiger partial charge in [-0.2, -0.15) is 0 Å². The van der Waals surface area contributed by atoms with Crippen LogP contribution in [0.25, 0.3) is 0 Å². The number of nitrogens with zero attached hydrogens (tertiary/aromatic N) is 3. The van der Waals surface area contributed by atoms with Crippen molar-refractivity contribution in [2.75, 3.05) is 18.9 Å². The van der Waals surface area contributed by atoms with Crippen LogP contribution in [0.5, 0.6) is 0 Å². The molecule has 4 heteroatoms. The standard InChI is InChI=1S/C16H26N4/c1-11(2)15-8-16(19-10-18-15)17-9-12-6-13-4-5-14(7-12)20(13)3/h8,10-14H,4-7,9H2,1-3H3,(H,17,18,19). The number of rotatable bonds is 4. The predicted octanol–water partition coefficient (Wildman–Crippen LogP) is 2.88. The lowest BCUT2D eigenvalue weighted by Crippen LogP contribution is -2.41. The molecule has 2 atom stereocenters. The molecule has 1 N–H and O–H groups in total. The van der Waals surface area contributed by atoms with Gasteiger partial charge in [0.15, 0.2) is 0 Å². The van der Waals surface area contributed by atoms with Crippen molar-refractivity contribution < 1.29 is 0 Å². The molecular weight excluding hydrogens is 248 g/mol. The molecule has 4 nitrogen and oxygen atoms in total. The number of fused-ring (bicyclic) bond motifs is 2. The van der Waals surface area contributed by atoms with E-state index in [1.165, 1.54) is 25.7 Å².